The van der Waals surface area contributed by atoms with E-state index in [4.69, 9.17) is 11.6 Å². The molecule has 0 unspecified atom stereocenters. The summed E-state index contributed by atoms with van der Waals surface area (Å²) in [6, 6.07) is 15.5. The first-order valence-corrected chi connectivity index (χ1v) is 8.65. The second-order valence-electron chi connectivity index (χ2n) is 5.17. The van der Waals surface area contributed by atoms with Crippen LogP contribution in [0.3, 0.4) is 0 Å². The second-order valence-corrected chi connectivity index (χ2v) is 6.46. The molecule has 2 aromatic carbocycles. The molecule has 0 saturated heterocycles. The van der Waals surface area contributed by atoms with E-state index in [0.29, 0.717) is 26.9 Å². The maximum atomic E-state index is 10.9. The number of nitro benzene ring substituents is 1. The molecular weight excluding hydrogens is 372 g/mol. The first-order valence-electron chi connectivity index (χ1n) is 7.40. The first kappa shape index (κ1) is 17.6. The van der Waals surface area contributed by atoms with Crippen LogP contribution < -0.4 is 5.32 Å². The summed E-state index contributed by atoms with van der Waals surface area (Å²) in [6.07, 6.45) is 1.56. The molecule has 1 aromatic heterocycles. The normalized spacial score (nSPS) is 11.0. The van der Waals surface area contributed by atoms with Crippen molar-refractivity contribution in [3.63, 3.8) is 0 Å². The van der Waals surface area contributed by atoms with E-state index in [1.807, 2.05) is 6.07 Å². The van der Waals surface area contributed by atoms with Crippen molar-refractivity contribution in [3.8, 4) is 17.3 Å². The number of nitrogens with zero attached hydrogens (tertiary/aromatic N) is 3. The molecule has 0 radical (unpaired) electrons. The first-order chi connectivity index (χ1) is 12.6. The summed E-state index contributed by atoms with van der Waals surface area (Å²) >= 11 is 7.23. The molecule has 8 heteroatoms. The van der Waals surface area contributed by atoms with E-state index in [1.54, 1.807) is 41.9 Å². The van der Waals surface area contributed by atoms with Gasteiger partial charge in [-0.15, -0.1) is 11.3 Å². The van der Waals surface area contributed by atoms with Crippen molar-refractivity contribution in [1.82, 2.24) is 4.98 Å². The Morgan fingerprint density at radius 2 is 2.12 bits per heavy atom. The number of benzene rings is 2. The number of nitrogens with one attached hydrogen (secondary N) is 1. The number of halogens is 1. The SMILES string of the molecule is N#C/C(=C/Nc1cccc(Cl)c1)c1nc(-c2cccc([N+](=O)[O-])c2)cs1. The van der Waals surface area contributed by atoms with Gasteiger partial charge in [0.15, 0.2) is 0 Å². The molecule has 1 N–H and O–H groups in total. The Bertz CT molecular complexity index is 1040. The molecular formula is C18H11ClN4O2S. The number of thiazole rings is 1. The molecule has 6 nitrogen and oxygen atoms in total. The van der Waals surface area contributed by atoms with Gasteiger partial charge in [-0.1, -0.05) is 29.8 Å². The van der Waals surface area contributed by atoms with Gasteiger partial charge >= 0.3 is 0 Å². The Labute approximate surface area is 158 Å². The molecule has 3 aromatic rings. The Balaban J connectivity index is 1.85. The lowest BCUT2D eigenvalue weighted by Crippen LogP contribution is -1.91. The number of hydrogen-bond donors (Lipinski definition) is 1. The van der Waals surface area contributed by atoms with Crippen molar-refractivity contribution in [2.45, 2.75) is 0 Å². The minimum absolute atomic E-state index is 0.00396. The van der Waals surface area contributed by atoms with Crippen LogP contribution in [0.2, 0.25) is 5.02 Å². The van der Waals surface area contributed by atoms with Gasteiger partial charge in [-0.3, -0.25) is 10.1 Å². The summed E-state index contributed by atoms with van der Waals surface area (Å²) in [6.45, 7) is 0. The smallest absolute Gasteiger partial charge is 0.270 e. The van der Waals surface area contributed by atoms with Gasteiger partial charge in [0.05, 0.1) is 10.6 Å². The number of aromatic nitrogens is 1. The van der Waals surface area contributed by atoms with Crippen LogP contribution in [0.5, 0.6) is 0 Å². The molecule has 0 atom stereocenters. The van der Waals surface area contributed by atoms with Crippen molar-refractivity contribution in [3.05, 3.63) is 80.3 Å². The van der Waals surface area contributed by atoms with Gasteiger partial charge in [-0.25, -0.2) is 4.98 Å². The average Bonchev–Trinajstić information content (AvgIpc) is 3.12. The predicted molar refractivity (Wildman–Crippen MR) is 103 cm³/mol. The molecule has 0 bridgehead atoms. The van der Waals surface area contributed by atoms with Crippen LogP contribution >= 0.6 is 22.9 Å². The Hall–Kier alpha value is -3.21. The number of hydrogen-bond acceptors (Lipinski definition) is 6. The molecule has 0 aliphatic rings. The summed E-state index contributed by atoms with van der Waals surface area (Å²) in [5.74, 6) is 0. The molecule has 3 rings (SSSR count). The van der Waals surface area contributed by atoms with Gasteiger partial charge in [-0.05, 0) is 18.2 Å². The van der Waals surface area contributed by atoms with E-state index in [2.05, 4.69) is 16.4 Å². The van der Waals surface area contributed by atoms with E-state index in [0.717, 1.165) is 5.69 Å². The minimum atomic E-state index is -0.452. The number of nitriles is 1. The average molecular weight is 383 g/mol. The summed E-state index contributed by atoms with van der Waals surface area (Å²) in [4.78, 5) is 14.9. The number of nitro groups is 1. The zero-order valence-corrected chi connectivity index (χ0v) is 14.8. The van der Waals surface area contributed by atoms with Crippen LogP contribution in [-0.2, 0) is 0 Å². The maximum absolute atomic E-state index is 10.9. The fourth-order valence-corrected chi connectivity index (χ4v) is 3.17. The molecule has 26 heavy (non-hydrogen) atoms. The predicted octanol–water partition coefficient (Wildman–Crippen LogP) is 5.35. The monoisotopic (exact) mass is 382 g/mol. The second kappa shape index (κ2) is 7.78. The topological polar surface area (TPSA) is 91.8 Å². The number of rotatable bonds is 5. The quantitative estimate of drug-likeness (QED) is 0.365. The summed E-state index contributed by atoms with van der Waals surface area (Å²) in [5.41, 5.74) is 2.31. The van der Waals surface area contributed by atoms with Gasteiger partial charge in [0.2, 0.25) is 0 Å². The molecule has 0 spiro atoms. The maximum Gasteiger partial charge on any atom is 0.270 e. The highest BCUT2D eigenvalue weighted by Crippen LogP contribution is 2.28. The van der Waals surface area contributed by atoms with Crippen LogP contribution in [-0.4, -0.2) is 9.91 Å². The van der Waals surface area contributed by atoms with E-state index >= 15 is 0 Å². The highest BCUT2D eigenvalue weighted by Gasteiger charge is 2.12. The molecule has 0 amide bonds. The van der Waals surface area contributed by atoms with Crippen LogP contribution in [0.4, 0.5) is 11.4 Å². The molecule has 0 fully saturated rings. The summed E-state index contributed by atoms with van der Waals surface area (Å²) in [5, 5.41) is 26.2. The van der Waals surface area contributed by atoms with Crippen LogP contribution in [0.25, 0.3) is 16.8 Å². The molecule has 0 saturated carbocycles. The molecule has 128 valence electrons. The van der Waals surface area contributed by atoms with E-state index in [-0.39, 0.29) is 5.69 Å². The number of non-ortho nitro benzene ring substituents is 1. The van der Waals surface area contributed by atoms with Crippen LogP contribution in [0, 0.1) is 21.4 Å². The standard InChI is InChI=1S/C18H11ClN4O2S/c19-14-4-2-5-15(8-14)21-10-13(9-20)18-22-17(11-26-18)12-3-1-6-16(7-12)23(24)25/h1-8,10-11,21H/b13-10-. The number of anilines is 1. The van der Waals surface area contributed by atoms with Gasteiger partial charge in [0.1, 0.15) is 16.6 Å². The highest BCUT2D eigenvalue weighted by molar-refractivity contribution is 7.11. The Kier molecular flexibility index (Phi) is 5.27. The van der Waals surface area contributed by atoms with Gasteiger partial charge in [0.25, 0.3) is 5.69 Å². The largest absolute Gasteiger partial charge is 0.360 e. The zero-order chi connectivity index (χ0) is 18.5. The molecule has 0 aliphatic heterocycles. The third-order valence-electron chi connectivity index (χ3n) is 3.42. The Morgan fingerprint density at radius 3 is 2.85 bits per heavy atom. The van der Waals surface area contributed by atoms with E-state index < -0.39 is 4.92 Å². The van der Waals surface area contributed by atoms with E-state index in [9.17, 15) is 15.4 Å². The van der Waals surface area contributed by atoms with Gasteiger partial charge in [0, 0.05) is 40.0 Å². The molecule has 1 heterocycles. The van der Waals surface area contributed by atoms with Crippen molar-refractivity contribution in [2.75, 3.05) is 5.32 Å². The van der Waals surface area contributed by atoms with Crippen molar-refractivity contribution >= 4 is 39.9 Å². The summed E-state index contributed by atoms with van der Waals surface area (Å²) < 4.78 is 0. The zero-order valence-electron chi connectivity index (χ0n) is 13.2. The van der Waals surface area contributed by atoms with Crippen molar-refractivity contribution in [1.29, 1.82) is 5.26 Å². The lowest BCUT2D eigenvalue weighted by molar-refractivity contribution is -0.384. The lowest BCUT2D eigenvalue weighted by atomic mass is 10.1. The fourth-order valence-electron chi connectivity index (χ4n) is 2.18. The summed E-state index contributed by atoms with van der Waals surface area (Å²) in [7, 11) is 0. The number of allylic oxidation sites excluding steroid dienone is 1. The van der Waals surface area contributed by atoms with E-state index in [1.165, 1.54) is 23.5 Å². The third-order valence-corrected chi connectivity index (χ3v) is 4.53. The highest BCUT2D eigenvalue weighted by atomic mass is 35.5. The molecule has 0 aliphatic carbocycles. The fraction of sp³-hybridized carbons (Fsp3) is 0. The van der Waals surface area contributed by atoms with Gasteiger partial charge in [-0.2, -0.15) is 5.26 Å². The minimum Gasteiger partial charge on any atom is -0.360 e. The van der Waals surface area contributed by atoms with Crippen LogP contribution in [0.15, 0.2) is 60.1 Å². The van der Waals surface area contributed by atoms with Gasteiger partial charge < -0.3 is 5.32 Å². The van der Waals surface area contributed by atoms with Crippen molar-refractivity contribution < 1.29 is 4.92 Å². The Morgan fingerprint density at radius 1 is 1.31 bits per heavy atom. The van der Waals surface area contributed by atoms with Crippen molar-refractivity contribution in [2.24, 2.45) is 0 Å². The third kappa shape index (κ3) is 4.06. The lowest BCUT2D eigenvalue weighted by Gasteiger charge is -2.01. The van der Waals surface area contributed by atoms with Crippen LogP contribution in [0.1, 0.15) is 5.01 Å².